The summed E-state index contributed by atoms with van der Waals surface area (Å²) in [6.45, 7) is 6.19. The molecular weight excluding hydrogens is 204 g/mol. The van der Waals surface area contributed by atoms with Crippen LogP contribution in [0.4, 0.5) is 0 Å². The van der Waals surface area contributed by atoms with Crippen LogP contribution in [-0.4, -0.2) is 37.4 Å². The van der Waals surface area contributed by atoms with Crippen molar-refractivity contribution >= 4 is 11.6 Å². The molecule has 0 saturated carbocycles. The number of carbonyl (C=O) groups excluding carboxylic acids is 1. The third-order valence-corrected chi connectivity index (χ3v) is 2.65. The molecule has 1 N–H and O–H groups in total. The summed E-state index contributed by atoms with van der Waals surface area (Å²) in [6.07, 6.45) is 3.55. The number of rotatable bonds is 5. The Morgan fingerprint density at radius 1 is 1.38 bits per heavy atom. The van der Waals surface area contributed by atoms with Gasteiger partial charge in [-0.3, -0.25) is 9.79 Å². The lowest BCUT2D eigenvalue weighted by molar-refractivity contribution is -0.116. The van der Waals surface area contributed by atoms with Crippen molar-refractivity contribution in [3.63, 3.8) is 0 Å². The van der Waals surface area contributed by atoms with Gasteiger partial charge in [-0.05, 0) is 26.2 Å². The van der Waals surface area contributed by atoms with Crippen molar-refractivity contribution in [3.05, 3.63) is 0 Å². The van der Waals surface area contributed by atoms with E-state index in [1.807, 2.05) is 6.92 Å². The average molecular weight is 226 g/mol. The first kappa shape index (κ1) is 13.2. The van der Waals surface area contributed by atoms with E-state index in [-0.39, 0.29) is 11.9 Å². The highest BCUT2D eigenvalue weighted by Gasteiger charge is 2.18. The molecule has 0 radical (unpaired) electrons. The fraction of sp³-hybridized carbons (Fsp3) is 0.833. The lowest BCUT2D eigenvalue weighted by Gasteiger charge is -2.23. The van der Waals surface area contributed by atoms with E-state index in [4.69, 9.17) is 4.74 Å². The Bertz CT molecular complexity index is 245. The molecule has 0 unspecified atom stereocenters. The maximum absolute atomic E-state index is 11.9. The normalized spacial score (nSPS) is 18.5. The molecule has 1 heterocycles. The molecule has 1 rings (SSSR count). The van der Waals surface area contributed by atoms with Crippen molar-refractivity contribution in [1.29, 1.82) is 0 Å². The molecule has 1 aliphatic rings. The highest BCUT2D eigenvalue weighted by Crippen LogP contribution is 2.06. The van der Waals surface area contributed by atoms with E-state index in [2.05, 4.69) is 17.2 Å². The molecule has 16 heavy (non-hydrogen) atoms. The number of ether oxygens (including phenoxy) is 1. The molecule has 0 atom stereocenters. The predicted molar refractivity (Wildman–Crippen MR) is 64.9 cm³/mol. The minimum atomic E-state index is 0.00981. The molecule has 1 aliphatic heterocycles. The van der Waals surface area contributed by atoms with Gasteiger partial charge in [0, 0.05) is 25.8 Å². The minimum absolute atomic E-state index is 0.00981. The summed E-state index contributed by atoms with van der Waals surface area (Å²) < 4.78 is 5.26. The van der Waals surface area contributed by atoms with Crippen LogP contribution in [-0.2, 0) is 9.53 Å². The molecule has 1 fully saturated rings. The van der Waals surface area contributed by atoms with Gasteiger partial charge in [-0.25, -0.2) is 0 Å². The molecule has 1 saturated heterocycles. The fourth-order valence-electron chi connectivity index (χ4n) is 1.80. The molecule has 0 aromatic heterocycles. The lowest BCUT2D eigenvalue weighted by Crippen LogP contribution is -2.42. The van der Waals surface area contributed by atoms with Gasteiger partial charge >= 0.3 is 0 Å². The van der Waals surface area contributed by atoms with Gasteiger partial charge in [0.15, 0.2) is 0 Å². The Hall–Kier alpha value is -0.900. The van der Waals surface area contributed by atoms with E-state index in [0.29, 0.717) is 12.3 Å². The van der Waals surface area contributed by atoms with Crippen molar-refractivity contribution < 1.29 is 9.53 Å². The summed E-state index contributed by atoms with van der Waals surface area (Å²) in [6, 6.07) is 0.264. The SMILES string of the molecule is CCC/C(=N\CC)C(=O)NC1CCOCC1. The average Bonchev–Trinajstić information content (AvgIpc) is 2.30. The van der Waals surface area contributed by atoms with Gasteiger partial charge < -0.3 is 10.1 Å². The maximum atomic E-state index is 11.9. The molecule has 0 aliphatic carbocycles. The zero-order chi connectivity index (χ0) is 11.8. The monoisotopic (exact) mass is 226 g/mol. The number of hydrogen-bond acceptors (Lipinski definition) is 3. The Balaban J connectivity index is 2.44. The van der Waals surface area contributed by atoms with Crippen LogP contribution in [0.25, 0.3) is 0 Å². The van der Waals surface area contributed by atoms with Crippen molar-refractivity contribution in [2.75, 3.05) is 19.8 Å². The largest absolute Gasteiger partial charge is 0.381 e. The highest BCUT2D eigenvalue weighted by molar-refractivity contribution is 6.38. The highest BCUT2D eigenvalue weighted by atomic mass is 16.5. The molecule has 4 heteroatoms. The molecule has 4 nitrogen and oxygen atoms in total. The van der Waals surface area contributed by atoms with Crippen LogP contribution in [0.15, 0.2) is 4.99 Å². The summed E-state index contributed by atoms with van der Waals surface area (Å²) in [4.78, 5) is 16.2. The maximum Gasteiger partial charge on any atom is 0.265 e. The van der Waals surface area contributed by atoms with Gasteiger partial charge in [0.1, 0.15) is 0 Å². The van der Waals surface area contributed by atoms with Crippen molar-refractivity contribution in [1.82, 2.24) is 5.32 Å². The third kappa shape index (κ3) is 4.31. The van der Waals surface area contributed by atoms with Crippen LogP contribution in [0.5, 0.6) is 0 Å². The molecular formula is C12H22N2O2. The molecule has 0 aromatic carbocycles. The first-order chi connectivity index (χ1) is 7.77. The summed E-state index contributed by atoms with van der Waals surface area (Å²) in [5.41, 5.74) is 0.691. The Morgan fingerprint density at radius 2 is 2.06 bits per heavy atom. The standard InChI is InChI=1S/C12H22N2O2/c1-3-5-11(13-4-2)12(15)14-10-6-8-16-9-7-10/h10H,3-9H2,1-2H3,(H,14,15)/b13-11+. The third-order valence-electron chi connectivity index (χ3n) is 2.65. The van der Waals surface area contributed by atoms with E-state index in [1.54, 1.807) is 0 Å². The summed E-state index contributed by atoms with van der Waals surface area (Å²) in [5, 5.41) is 3.04. The number of nitrogens with zero attached hydrogens (tertiary/aromatic N) is 1. The van der Waals surface area contributed by atoms with E-state index < -0.39 is 0 Å². The molecule has 0 bridgehead atoms. The van der Waals surface area contributed by atoms with E-state index in [0.717, 1.165) is 38.9 Å². The van der Waals surface area contributed by atoms with E-state index in [1.165, 1.54) is 0 Å². The lowest BCUT2D eigenvalue weighted by atomic mass is 10.1. The summed E-state index contributed by atoms with van der Waals surface area (Å²) in [5.74, 6) is 0.00981. The number of aliphatic imine (C=N–C) groups is 1. The van der Waals surface area contributed by atoms with Crippen molar-refractivity contribution in [3.8, 4) is 0 Å². The van der Waals surface area contributed by atoms with Crippen LogP contribution in [0.2, 0.25) is 0 Å². The van der Waals surface area contributed by atoms with Crippen molar-refractivity contribution in [2.24, 2.45) is 4.99 Å². The van der Waals surface area contributed by atoms with Crippen molar-refractivity contribution in [2.45, 2.75) is 45.6 Å². The molecule has 92 valence electrons. The second-order valence-corrected chi connectivity index (χ2v) is 4.03. The number of hydrogen-bond donors (Lipinski definition) is 1. The van der Waals surface area contributed by atoms with E-state index >= 15 is 0 Å². The molecule has 0 spiro atoms. The zero-order valence-corrected chi connectivity index (χ0v) is 10.3. The van der Waals surface area contributed by atoms with Gasteiger partial charge in [0.2, 0.25) is 0 Å². The number of nitrogens with one attached hydrogen (secondary N) is 1. The second-order valence-electron chi connectivity index (χ2n) is 4.03. The molecule has 1 amide bonds. The van der Waals surface area contributed by atoms with Gasteiger partial charge in [-0.15, -0.1) is 0 Å². The number of carbonyl (C=O) groups is 1. The summed E-state index contributed by atoms with van der Waals surface area (Å²) in [7, 11) is 0. The Labute approximate surface area is 97.5 Å². The van der Waals surface area contributed by atoms with Gasteiger partial charge in [-0.2, -0.15) is 0 Å². The van der Waals surface area contributed by atoms with E-state index in [9.17, 15) is 4.79 Å². The van der Waals surface area contributed by atoms with Gasteiger partial charge in [0.05, 0.1) is 5.71 Å². The van der Waals surface area contributed by atoms with Gasteiger partial charge in [0.25, 0.3) is 5.91 Å². The Kier molecular flexibility index (Phi) is 6.08. The zero-order valence-electron chi connectivity index (χ0n) is 10.3. The second kappa shape index (κ2) is 7.39. The Morgan fingerprint density at radius 3 is 2.62 bits per heavy atom. The summed E-state index contributed by atoms with van der Waals surface area (Å²) >= 11 is 0. The smallest absolute Gasteiger partial charge is 0.265 e. The number of amides is 1. The van der Waals surface area contributed by atoms with Crippen LogP contribution in [0.1, 0.15) is 39.5 Å². The van der Waals surface area contributed by atoms with Crippen LogP contribution in [0.3, 0.4) is 0 Å². The predicted octanol–water partition coefficient (Wildman–Crippen LogP) is 1.54. The first-order valence-electron chi connectivity index (χ1n) is 6.19. The van der Waals surface area contributed by atoms with Gasteiger partial charge in [-0.1, -0.05) is 13.3 Å². The topological polar surface area (TPSA) is 50.7 Å². The van der Waals surface area contributed by atoms with Crippen LogP contribution < -0.4 is 5.32 Å². The fourth-order valence-corrected chi connectivity index (χ4v) is 1.80. The molecule has 0 aromatic rings. The minimum Gasteiger partial charge on any atom is -0.381 e. The first-order valence-corrected chi connectivity index (χ1v) is 6.19. The van der Waals surface area contributed by atoms with Crippen LogP contribution >= 0.6 is 0 Å². The van der Waals surface area contributed by atoms with Crippen LogP contribution in [0, 0.1) is 0 Å². The quantitative estimate of drug-likeness (QED) is 0.723.